The van der Waals surface area contributed by atoms with Gasteiger partial charge >= 0.3 is 6.01 Å². The summed E-state index contributed by atoms with van der Waals surface area (Å²) >= 11 is 5.93. The van der Waals surface area contributed by atoms with Crippen LogP contribution in [0.5, 0.6) is 6.01 Å². The largest absolute Gasteiger partial charge is 0.463 e. The van der Waals surface area contributed by atoms with Crippen LogP contribution in [0.1, 0.15) is 26.7 Å². The molecule has 0 aromatic carbocycles. The van der Waals surface area contributed by atoms with E-state index in [1.807, 2.05) is 13.8 Å². The zero-order valence-corrected chi connectivity index (χ0v) is 12.1. The molecular weight excluding hydrogens is 268 g/mol. The van der Waals surface area contributed by atoms with Crippen LogP contribution >= 0.6 is 11.6 Å². The molecule has 0 aliphatic carbocycles. The van der Waals surface area contributed by atoms with Gasteiger partial charge in [-0.15, -0.1) is 0 Å². The summed E-state index contributed by atoms with van der Waals surface area (Å²) < 4.78 is 11.0. The number of hydrogen-bond acceptors (Lipinski definition) is 6. The van der Waals surface area contributed by atoms with E-state index in [1.54, 1.807) is 0 Å². The quantitative estimate of drug-likeness (QED) is 0.843. The molecule has 0 amide bonds. The Bertz CT molecular complexity index is 419. The van der Waals surface area contributed by atoms with Gasteiger partial charge < -0.3 is 14.4 Å². The fourth-order valence-electron chi connectivity index (χ4n) is 1.90. The van der Waals surface area contributed by atoms with Gasteiger partial charge in [-0.05, 0) is 31.4 Å². The predicted octanol–water partition coefficient (Wildman–Crippen LogP) is 1.93. The van der Waals surface area contributed by atoms with Gasteiger partial charge in [0.1, 0.15) is 0 Å². The van der Waals surface area contributed by atoms with Crippen molar-refractivity contribution in [3.05, 3.63) is 5.28 Å². The van der Waals surface area contributed by atoms with E-state index < -0.39 is 0 Å². The summed E-state index contributed by atoms with van der Waals surface area (Å²) in [4.78, 5) is 14.5. The van der Waals surface area contributed by atoms with Crippen LogP contribution in [0, 0.1) is 0 Å². The highest BCUT2D eigenvalue weighted by molar-refractivity contribution is 6.28. The summed E-state index contributed by atoms with van der Waals surface area (Å²) in [6.07, 6.45) is 1.99. The third kappa shape index (κ3) is 4.18. The minimum absolute atomic E-state index is 0.151. The van der Waals surface area contributed by atoms with Crippen molar-refractivity contribution in [3.63, 3.8) is 0 Å². The summed E-state index contributed by atoms with van der Waals surface area (Å²) in [7, 11) is 0. The average Bonchev–Trinajstić information content (AvgIpc) is 2.60. The van der Waals surface area contributed by atoms with E-state index in [9.17, 15) is 0 Å². The second kappa shape index (κ2) is 6.86. The summed E-state index contributed by atoms with van der Waals surface area (Å²) in [6, 6.07) is 0.287. The fraction of sp³-hybridized carbons (Fsp3) is 0.750. The van der Waals surface area contributed by atoms with E-state index in [0.29, 0.717) is 12.6 Å². The fourth-order valence-corrected chi connectivity index (χ4v) is 2.05. The first-order valence-corrected chi connectivity index (χ1v) is 6.97. The van der Waals surface area contributed by atoms with Crippen LogP contribution in [-0.2, 0) is 4.74 Å². The third-order valence-corrected chi connectivity index (χ3v) is 2.92. The number of halogens is 1. The highest BCUT2D eigenvalue weighted by Gasteiger charge is 2.19. The van der Waals surface area contributed by atoms with E-state index in [1.165, 1.54) is 0 Å². The maximum absolute atomic E-state index is 5.93. The molecule has 1 atom stereocenters. The molecule has 19 heavy (non-hydrogen) atoms. The molecule has 6 nitrogen and oxygen atoms in total. The van der Waals surface area contributed by atoms with Crippen LogP contribution in [0.4, 0.5) is 5.95 Å². The van der Waals surface area contributed by atoms with E-state index in [0.717, 1.165) is 32.5 Å². The van der Waals surface area contributed by atoms with Gasteiger partial charge in [-0.2, -0.15) is 15.0 Å². The molecular formula is C12H19ClN4O2. The summed E-state index contributed by atoms with van der Waals surface area (Å²) in [5, 5.41) is 0.161. The number of rotatable bonds is 4. The number of nitrogens with zero attached hydrogens (tertiary/aromatic N) is 4. The van der Waals surface area contributed by atoms with Crippen molar-refractivity contribution in [2.75, 3.05) is 31.2 Å². The minimum Gasteiger partial charge on any atom is -0.463 e. The molecule has 1 aromatic heterocycles. The van der Waals surface area contributed by atoms with Crippen LogP contribution in [0.25, 0.3) is 0 Å². The Morgan fingerprint density at radius 2 is 2.26 bits per heavy atom. The van der Waals surface area contributed by atoms with Crippen LogP contribution in [0.15, 0.2) is 0 Å². The van der Waals surface area contributed by atoms with Crippen LogP contribution in [0.3, 0.4) is 0 Å². The Balaban J connectivity index is 2.15. The van der Waals surface area contributed by atoms with Gasteiger partial charge in [0.25, 0.3) is 0 Å². The Kier molecular flexibility index (Phi) is 5.15. The molecule has 0 bridgehead atoms. The van der Waals surface area contributed by atoms with E-state index >= 15 is 0 Å². The van der Waals surface area contributed by atoms with E-state index in [4.69, 9.17) is 21.1 Å². The maximum atomic E-state index is 5.93. The molecule has 2 heterocycles. The normalized spacial score (nSPS) is 20.2. The molecule has 106 valence electrons. The molecule has 0 N–H and O–H groups in total. The Morgan fingerprint density at radius 1 is 1.42 bits per heavy atom. The molecule has 1 fully saturated rings. The second-order valence-electron chi connectivity index (χ2n) is 4.52. The molecule has 1 aliphatic heterocycles. The Morgan fingerprint density at radius 3 is 3.05 bits per heavy atom. The highest BCUT2D eigenvalue weighted by Crippen LogP contribution is 2.18. The SMILES string of the molecule is CCCOc1nc(Cl)nc(N2CCCOC(C)C2)n1. The van der Waals surface area contributed by atoms with E-state index in [2.05, 4.69) is 19.9 Å². The Labute approximate surface area is 118 Å². The first-order valence-electron chi connectivity index (χ1n) is 6.60. The zero-order valence-electron chi connectivity index (χ0n) is 11.3. The highest BCUT2D eigenvalue weighted by atomic mass is 35.5. The minimum atomic E-state index is 0.151. The lowest BCUT2D eigenvalue weighted by Crippen LogP contribution is -2.31. The summed E-state index contributed by atoms with van der Waals surface area (Å²) in [6.45, 7) is 6.98. The van der Waals surface area contributed by atoms with Crippen LogP contribution < -0.4 is 9.64 Å². The van der Waals surface area contributed by atoms with Crippen molar-refractivity contribution < 1.29 is 9.47 Å². The van der Waals surface area contributed by atoms with Crippen molar-refractivity contribution in [2.45, 2.75) is 32.8 Å². The monoisotopic (exact) mass is 286 g/mol. The Hall–Kier alpha value is -1.14. The number of ether oxygens (including phenoxy) is 2. The van der Waals surface area contributed by atoms with Crippen molar-refractivity contribution in [2.24, 2.45) is 0 Å². The van der Waals surface area contributed by atoms with Gasteiger partial charge in [0.15, 0.2) is 0 Å². The van der Waals surface area contributed by atoms with Gasteiger partial charge in [-0.1, -0.05) is 6.92 Å². The lowest BCUT2D eigenvalue weighted by Gasteiger charge is -2.22. The standard InChI is InChI=1S/C12H19ClN4O2/c1-3-6-19-12-15-10(13)14-11(16-12)17-5-4-7-18-9(2)8-17/h9H,3-8H2,1-2H3. The van der Waals surface area contributed by atoms with E-state index in [-0.39, 0.29) is 17.4 Å². The maximum Gasteiger partial charge on any atom is 0.322 e. The molecule has 0 saturated carbocycles. The van der Waals surface area contributed by atoms with Crippen molar-refractivity contribution in [3.8, 4) is 6.01 Å². The number of aromatic nitrogens is 3. The topological polar surface area (TPSA) is 60.4 Å². The van der Waals surface area contributed by atoms with Gasteiger partial charge in [0.2, 0.25) is 11.2 Å². The van der Waals surface area contributed by atoms with Crippen molar-refractivity contribution in [1.82, 2.24) is 15.0 Å². The second-order valence-corrected chi connectivity index (χ2v) is 4.85. The van der Waals surface area contributed by atoms with Gasteiger partial charge in [-0.25, -0.2) is 0 Å². The zero-order chi connectivity index (χ0) is 13.7. The molecule has 0 radical (unpaired) electrons. The van der Waals surface area contributed by atoms with Gasteiger partial charge in [0.05, 0.1) is 12.7 Å². The average molecular weight is 287 g/mol. The first kappa shape index (κ1) is 14.3. The van der Waals surface area contributed by atoms with Crippen LogP contribution in [0.2, 0.25) is 5.28 Å². The molecule has 1 aliphatic rings. The summed E-state index contributed by atoms with van der Waals surface area (Å²) in [5.74, 6) is 0.559. The smallest absolute Gasteiger partial charge is 0.322 e. The molecule has 1 unspecified atom stereocenters. The third-order valence-electron chi connectivity index (χ3n) is 2.75. The van der Waals surface area contributed by atoms with Crippen LogP contribution in [-0.4, -0.2) is 47.4 Å². The molecule has 1 aromatic rings. The van der Waals surface area contributed by atoms with Gasteiger partial charge in [-0.3, -0.25) is 0 Å². The molecule has 7 heteroatoms. The molecule has 0 spiro atoms. The summed E-state index contributed by atoms with van der Waals surface area (Å²) in [5.41, 5.74) is 0. The lowest BCUT2D eigenvalue weighted by molar-refractivity contribution is 0.0820. The first-order chi connectivity index (χ1) is 9.19. The number of anilines is 1. The molecule has 1 saturated heterocycles. The number of hydrogen-bond donors (Lipinski definition) is 0. The van der Waals surface area contributed by atoms with Gasteiger partial charge in [0, 0.05) is 19.7 Å². The van der Waals surface area contributed by atoms with Crippen molar-refractivity contribution in [1.29, 1.82) is 0 Å². The van der Waals surface area contributed by atoms with Crippen molar-refractivity contribution >= 4 is 17.5 Å². The lowest BCUT2D eigenvalue weighted by atomic mass is 10.3. The predicted molar refractivity (Wildman–Crippen MR) is 72.9 cm³/mol. The molecule has 2 rings (SSSR count).